The molecular formula is C13H17BrO4. The fourth-order valence-corrected chi connectivity index (χ4v) is 1.66. The molecule has 0 spiro atoms. The van der Waals surface area contributed by atoms with Crippen LogP contribution in [-0.2, 0) is 20.7 Å². The molecule has 1 atom stereocenters. The van der Waals surface area contributed by atoms with Crippen LogP contribution in [0, 0.1) is 0 Å². The summed E-state index contributed by atoms with van der Waals surface area (Å²) in [5.74, 6) is 0.385. The number of benzene rings is 1. The number of ether oxygens (including phenoxy) is 3. The Morgan fingerprint density at radius 2 is 1.94 bits per heavy atom. The summed E-state index contributed by atoms with van der Waals surface area (Å²) in [5.41, 5.74) is 1.19. The minimum atomic E-state index is -0.448. The molecule has 0 aromatic heterocycles. The van der Waals surface area contributed by atoms with Crippen LogP contribution in [0.1, 0.15) is 5.56 Å². The quantitative estimate of drug-likeness (QED) is 0.571. The summed E-state index contributed by atoms with van der Waals surface area (Å²) in [6.07, 6.45) is 0.875. The molecule has 0 saturated heterocycles. The summed E-state index contributed by atoms with van der Waals surface area (Å²) in [4.78, 5) is 10.7. The lowest BCUT2D eigenvalue weighted by Gasteiger charge is -2.10. The van der Waals surface area contributed by atoms with Crippen LogP contribution in [0.15, 0.2) is 24.3 Å². The molecule has 0 aliphatic heterocycles. The lowest BCUT2D eigenvalue weighted by atomic mass is 10.1. The van der Waals surface area contributed by atoms with Gasteiger partial charge >= 0.3 is 5.97 Å². The smallest absolute Gasteiger partial charge is 0.322 e. The van der Waals surface area contributed by atoms with E-state index in [2.05, 4.69) is 20.7 Å². The van der Waals surface area contributed by atoms with Crippen LogP contribution in [0.25, 0.3) is 0 Å². The number of halogens is 1. The van der Waals surface area contributed by atoms with Gasteiger partial charge in [-0.2, -0.15) is 0 Å². The van der Waals surface area contributed by atoms with Crippen LogP contribution >= 0.6 is 15.9 Å². The Balaban J connectivity index is 2.41. The van der Waals surface area contributed by atoms with E-state index < -0.39 is 4.83 Å². The van der Waals surface area contributed by atoms with Crippen molar-refractivity contribution in [3.63, 3.8) is 0 Å². The Bertz CT molecular complexity index is 364. The molecule has 1 aromatic carbocycles. The van der Waals surface area contributed by atoms with Gasteiger partial charge < -0.3 is 14.2 Å². The first-order valence-electron chi connectivity index (χ1n) is 5.60. The Hall–Kier alpha value is -1.07. The van der Waals surface area contributed by atoms with E-state index in [-0.39, 0.29) is 12.6 Å². The minimum Gasteiger partial charge on any atom is -0.492 e. The zero-order chi connectivity index (χ0) is 13.4. The summed E-state index contributed by atoms with van der Waals surface area (Å²) >= 11 is 3.19. The number of hydrogen-bond acceptors (Lipinski definition) is 4. The fraction of sp³-hybridized carbons (Fsp3) is 0.462. The van der Waals surface area contributed by atoms with Crippen LogP contribution in [-0.4, -0.2) is 38.2 Å². The normalized spacial score (nSPS) is 11.9. The summed E-state index contributed by atoms with van der Waals surface area (Å²) in [6, 6.07) is 7.72. The van der Waals surface area contributed by atoms with Crippen LogP contribution in [0.5, 0.6) is 5.75 Å². The topological polar surface area (TPSA) is 44.8 Å². The van der Waals surface area contributed by atoms with Gasteiger partial charge in [0.25, 0.3) is 0 Å². The standard InChI is InChI=1S/C13H17BrO4/c1-16-8-7-10-3-5-11(6-4-10)18-9-12(14)13(15)17-2/h3-6,12H,7-9H2,1-2H3. The van der Waals surface area contributed by atoms with Gasteiger partial charge in [-0.25, -0.2) is 0 Å². The van der Waals surface area contributed by atoms with E-state index in [4.69, 9.17) is 9.47 Å². The van der Waals surface area contributed by atoms with Crippen molar-refractivity contribution in [2.45, 2.75) is 11.2 Å². The highest BCUT2D eigenvalue weighted by molar-refractivity contribution is 9.10. The maximum absolute atomic E-state index is 11.1. The molecule has 5 heteroatoms. The van der Waals surface area contributed by atoms with Crippen LogP contribution < -0.4 is 4.74 Å². The predicted octanol–water partition coefficient (Wildman–Crippen LogP) is 2.19. The fourth-order valence-electron chi connectivity index (χ4n) is 1.34. The Morgan fingerprint density at radius 1 is 1.28 bits per heavy atom. The van der Waals surface area contributed by atoms with E-state index in [1.807, 2.05) is 24.3 Å². The molecule has 0 N–H and O–H groups in total. The second kappa shape index (κ2) is 8.11. The molecule has 0 aliphatic carbocycles. The van der Waals surface area contributed by atoms with E-state index in [1.165, 1.54) is 12.7 Å². The second-order valence-corrected chi connectivity index (χ2v) is 4.79. The maximum atomic E-state index is 11.1. The average molecular weight is 317 g/mol. The number of alkyl halides is 1. The lowest BCUT2D eigenvalue weighted by Crippen LogP contribution is -2.22. The van der Waals surface area contributed by atoms with Crippen molar-refractivity contribution in [1.29, 1.82) is 0 Å². The highest BCUT2D eigenvalue weighted by Crippen LogP contribution is 2.14. The van der Waals surface area contributed by atoms with Crippen molar-refractivity contribution in [1.82, 2.24) is 0 Å². The average Bonchev–Trinajstić information content (AvgIpc) is 2.42. The summed E-state index contributed by atoms with van der Waals surface area (Å²) < 4.78 is 15.1. The summed E-state index contributed by atoms with van der Waals surface area (Å²) in [6.45, 7) is 0.941. The Kier molecular flexibility index (Phi) is 6.75. The lowest BCUT2D eigenvalue weighted by molar-refractivity contribution is -0.140. The molecule has 1 unspecified atom stereocenters. The Morgan fingerprint density at radius 3 is 2.50 bits per heavy atom. The molecule has 1 rings (SSSR count). The number of carbonyl (C=O) groups is 1. The third-order valence-corrected chi connectivity index (χ3v) is 3.01. The van der Waals surface area contributed by atoms with Crippen molar-refractivity contribution in [2.75, 3.05) is 27.4 Å². The maximum Gasteiger partial charge on any atom is 0.322 e. The zero-order valence-electron chi connectivity index (χ0n) is 10.5. The molecule has 0 amide bonds. The third-order valence-electron chi connectivity index (χ3n) is 2.37. The monoisotopic (exact) mass is 316 g/mol. The van der Waals surface area contributed by atoms with Gasteiger partial charge in [0.05, 0.1) is 13.7 Å². The molecule has 0 heterocycles. The summed E-state index contributed by atoms with van der Waals surface area (Å²) in [7, 11) is 3.03. The van der Waals surface area contributed by atoms with E-state index in [1.54, 1.807) is 7.11 Å². The highest BCUT2D eigenvalue weighted by Gasteiger charge is 2.15. The second-order valence-electron chi connectivity index (χ2n) is 3.69. The molecule has 0 radical (unpaired) electrons. The number of esters is 1. The van der Waals surface area contributed by atoms with Gasteiger partial charge in [0.1, 0.15) is 17.2 Å². The van der Waals surface area contributed by atoms with Gasteiger partial charge in [-0.3, -0.25) is 4.79 Å². The molecule has 1 aromatic rings. The third kappa shape index (κ3) is 5.06. The van der Waals surface area contributed by atoms with Crippen molar-refractivity contribution in [3.8, 4) is 5.75 Å². The van der Waals surface area contributed by atoms with Gasteiger partial charge in [0.2, 0.25) is 0 Å². The molecule has 0 fully saturated rings. The molecule has 100 valence electrons. The largest absolute Gasteiger partial charge is 0.492 e. The van der Waals surface area contributed by atoms with E-state index in [0.29, 0.717) is 6.61 Å². The van der Waals surface area contributed by atoms with E-state index >= 15 is 0 Å². The molecule has 18 heavy (non-hydrogen) atoms. The minimum absolute atomic E-state index is 0.240. The molecule has 4 nitrogen and oxygen atoms in total. The first-order valence-corrected chi connectivity index (χ1v) is 6.51. The van der Waals surface area contributed by atoms with Crippen molar-refractivity contribution >= 4 is 21.9 Å². The van der Waals surface area contributed by atoms with E-state index in [9.17, 15) is 4.79 Å². The van der Waals surface area contributed by atoms with Crippen LogP contribution in [0.3, 0.4) is 0 Å². The molecular weight excluding hydrogens is 300 g/mol. The van der Waals surface area contributed by atoms with E-state index in [0.717, 1.165) is 12.2 Å². The van der Waals surface area contributed by atoms with Gasteiger partial charge in [-0.05, 0) is 24.1 Å². The molecule has 0 bridgehead atoms. The molecule has 0 saturated carbocycles. The number of methoxy groups -OCH3 is 2. The van der Waals surface area contributed by atoms with Crippen molar-refractivity contribution in [3.05, 3.63) is 29.8 Å². The van der Waals surface area contributed by atoms with Gasteiger partial charge in [-0.1, -0.05) is 28.1 Å². The number of hydrogen-bond donors (Lipinski definition) is 0. The SMILES string of the molecule is COCCc1ccc(OCC(Br)C(=O)OC)cc1. The van der Waals surface area contributed by atoms with Gasteiger partial charge in [-0.15, -0.1) is 0 Å². The zero-order valence-corrected chi connectivity index (χ0v) is 12.1. The van der Waals surface area contributed by atoms with Gasteiger partial charge in [0.15, 0.2) is 0 Å². The van der Waals surface area contributed by atoms with Crippen LogP contribution in [0.2, 0.25) is 0 Å². The first-order chi connectivity index (χ1) is 8.67. The summed E-state index contributed by atoms with van der Waals surface area (Å²) in [5, 5.41) is 0. The molecule has 0 aliphatic rings. The number of rotatable bonds is 7. The Labute approximate surface area is 115 Å². The van der Waals surface area contributed by atoms with Crippen molar-refractivity contribution < 1.29 is 19.0 Å². The van der Waals surface area contributed by atoms with Gasteiger partial charge in [0, 0.05) is 7.11 Å². The first kappa shape index (κ1) is 15.0. The number of carbonyl (C=O) groups excluding carboxylic acids is 1. The van der Waals surface area contributed by atoms with Crippen molar-refractivity contribution in [2.24, 2.45) is 0 Å². The highest BCUT2D eigenvalue weighted by atomic mass is 79.9. The van der Waals surface area contributed by atoms with Crippen LogP contribution in [0.4, 0.5) is 0 Å². The predicted molar refractivity (Wildman–Crippen MR) is 72.2 cm³/mol.